The van der Waals surface area contributed by atoms with Gasteiger partial charge >= 0.3 is 0 Å². The average Bonchev–Trinajstić information content (AvgIpc) is 2.37. The third-order valence-electron chi connectivity index (χ3n) is 2.72. The fraction of sp³-hybridized carbons (Fsp3) is 0.143. The van der Waals surface area contributed by atoms with Crippen molar-refractivity contribution < 1.29 is 9.18 Å². The highest BCUT2D eigenvalue weighted by Crippen LogP contribution is 2.23. The Morgan fingerprint density at radius 1 is 1.32 bits per heavy atom. The molecule has 1 aromatic heterocycles. The second-order valence-electron chi connectivity index (χ2n) is 4.23. The summed E-state index contributed by atoms with van der Waals surface area (Å²) < 4.78 is 13.6. The molecule has 0 unspecified atom stereocenters. The molecular weight excluding hydrogens is 267 g/mol. The van der Waals surface area contributed by atoms with E-state index in [1.807, 2.05) is 0 Å². The van der Waals surface area contributed by atoms with E-state index in [0.717, 1.165) is 11.1 Å². The molecule has 2 rings (SSSR count). The molecule has 0 radical (unpaired) electrons. The predicted molar refractivity (Wildman–Crippen MR) is 73.1 cm³/mol. The summed E-state index contributed by atoms with van der Waals surface area (Å²) in [7, 11) is 0. The minimum atomic E-state index is -0.569. The molecule has 0 bridgehead atoms. The Morgan fingerprint density at radius 2 is 2.05 bits per heavy atom. The fourth-order valence-corrected chi connectivity index (χ4v) is 1.92. The van der Waals surface area contributed by atoms with E-state index < -0.39 is 11.7 Å². The lowest BCUT2D eigenvalue weighted by atomic mass is 10.1. The number of amides is 1. The number of pyridine rings is 1. The summed E-state index contributed by atoms with van der Waals surface area (Å²) in [6.45, 7) is 3.58. The van der Waals surface area contributed by atoms with Crippen LogP contribution in [0, 0.1) is 19.7 Å². The van der Waals surface area contributed by atoms with Gasteiger partial charge in [-0.3, -0.25) is 4.79 Å². The zero-order valence-electron chi connectivity index (χ0n) is 10.5. The van der Waals surface area contributed by atoms with Gasteiger partial charge in [-0.1, -0.05) is 23.2 Å². The van der Waals surface area contributed by atoms with Crippen molar-refractivity contribution in [1.82, 2.24) is 4.98 Å². The minimum absolute atomic E-state index is 0.0145. The Morgan fingerprint density at radius 3 is 2.74 bits per heavy atom. The second kappa shape index (κ2) is 5.36. The highest BCUT2D eigenvalue weighted by atomic mass is 35.5. The number of hydrogen-bond donors (Lipinski definition) is 1. The van der Waals surface area contributed by atoms with Gasteiger partial charge in [0.1, 0.15) is 5.82 Å². The summed E-state index contributed by atoms with van der Waals surface area (Å²) in [5.41, 5.74) is 1.95. The van der Waals surface area contributed by atoms with Gasteiger partial charge in [0.05, 0.1) is 11.3 Å². The lowest BCUT2D eigenvalue weighted by molar-refractivity contribution is 0.102. The normalized spacial score (nSPS) is 10.3. The molecule has 1 N–H and O–H groups in total. The van der Waals surface area contributed by atoms with Crippen LogP contribution in [-0.4, -0.2) is 10.9 Å². The van der Waals surface area contributed by atoms with Crippen LogP contribution in [0.1, 0.15) is 21.5 Å². The van der Waals surface area contributed by atoms with Gasteiger partial charge in [-0.15, -0.1) is 0 Å². The van der Waals surface area contributed by atoms with E-state index in [0.29, 0.717) is 5.69 Å². The van der Waals surface area contributed by atoms with Gasteiger partial charge in [0, 0.05) is 6.20 Å². The molecule has 0 aliphatic carbocycles. The van der Waals surface area contributed by atoms with E-state index >= 15 is 0 Å². The quantitative estimate of drug-likeness (QED) is 0.850. The zero-order chi connectivity index (χ0) is 14.0. The summed E-state index contributed by atoms with van der Waals surface area (Å²) >= 11 is 5.91. The maximum atomic E-state index is 13.6. The van der Waals surface area contributed by atoms with Crippen molar-refractivity contribution in [1.29, 1.82) is 0 Å². The maximum Gasteiger partial charge on any atom is 0.258 e. The molecule has 19 heavy (non-hydrogen) atoms. The Bertz CT molecular complexity index is 623. The summed E-state index contributed by atoms with van der Waals surface area (Å²) in [4.78, 5) is 15.9. The molecule has 0 spiro atoms. The summed E-state index contributed by atoms with van der Waals surface area (Å²) in [5, 5.41) is 2.77. The first-order chi connectivity index (χ1) is 8.99. The van der Waals surface area contributed by atoms with Crippen LogP contribution in [0.25, 0.3) is 0 Å². The SMILES string of the molecule is Cc1ccc(F)c(C(=O)Nc2c(C)ccnc2Cl)c1. The Labute approximate surface area is 115 Å². The van der Waals surface area contributed by atoms with Crippen molar-refractivity contribution in [2.24, 2.45) is 0 Å². The van der Waals surface area contributed by atoms with Crippen LogP contribution in [-0.2, 0) is 0 Å². The van der Waals surface area contributed by atoms with Crippen LogP contribution in [0.5, 0.6) is 0 Å². The molecule has 0 aliphatic rings. The van der Waals surface area contributed by atoms with E-state index in [1.165, 1.54) is 12.1 Å². The molecule has 0 saturated heterocycles. The molecule has 0 aliphatic heterocycles. The van der Waals surface area contributed by atoms with Crippen molar-refractivity contribution in [3.05, 3.63) is 58.1 Å². The monoisotopic (exact) mass is 278 g/mol. The van der Waals surface area contributed by atoms with Crippen LogP contribution < -0.4 is 5.32 Å². The smallest absolute Gasteiger partial charge is 0.258 e. The van der Waals surface area contributed by atoms with Crippen LogP contribution in [0.3, 0.4) is 0 Å². The molecule has 0 atom stereocenters. The standard InChI is InChI=1S/C14H12ClFN2O/c1-8-3-4-11(16)10(7-8)14(19)18-12-9(2)5-6-17-13(12)15/h3-7H,1-2H3,(H,18,19). The first kappa shape index (κ1) is 13.5. The third-order valence-corrected chi connectivity index (χ3v) is 3.00. The number of aromatic nitrogens is 1. The molecule has 3 nitrogen and oxygen atoms in total. The first-order valence-electron chi connectivity index (χ1n) is 5.67. The minimum Gasteiger partial charge on any atom is -0.319 e. The second-order valence-corrected chi connectivity index (χ2v) is 4.59. The molecule has 0 fully saturated rings. The lowest BCUT2D eigenvalue weighted by Crippen LogP contribution is -2.15. The molecule has 0 saturated carbocycles. The van der Waals surface area contributed by atoms with Crippen molar-refractivity contribution in [3.63, 3.8) is 0 Å². The lowest BCUT2D eigenvalue weighted by Gasteiger charge is -2.10. The topological polar surface area (TPSA) is 42.0 Å². The number of aryl methyl sites for hydroxylation is 2. The summed E-state index contributed by atoms with van der Waals surface area (Å²) in [6, 6.07) is 6.08. The van der Waals surface area contributed by atoms with Gasteiger partial charge in [-0.05, 0) is 37.6 Å². The molecular formula is C14H12ClFN2O. The highest BCUT2D eigenvalue weighted by Gasteiger charge is 2.15. The average molecular weight is 279 g/mol. The van der Waals surface area contributed by atoms with Gasteiger partial charge in [0.2, 0.25) is 0 Å². The maximum absolute atomic E-state index is 13.6. The number of halogens is 2. The summed E-state index contributed by atoms with van der Waals surface area (Å²) in [6.07, 6.45) is 1.54. The predicted octanol–water partition coefficient (Wildman–Crippen LogP) is 3.74. The van der Waals surface area contributed by atoms with E-state index in [-0.39, 0.29) is 10.7 Å². The zero-order valence-corrected chi connectivity index (χ0v) is 11.3. The Balaban J connectivity index is 2.34. The molecule has 5 heteroatoms. The largest absolute Gasteiger partial charge is 0.319 e. The number of anilines is 1. The van der Waals surface area contributed by atoms with Crippen LogP contribution in [0.2, 0.25) is 5.15 Å². The van der Waals surface area contributed by atoms with Gasteiger partial charge in [-0.25, -0.2) is 9.37 Å². The Hall–Kier alpha value is -1.94. The van der Waals surface area contributed by atoms with Crippen LogP contribution in [0.4, 0.5) is 10.1 Å². The Kier molecular flexibility index (Phi) is 3.81. The molecule has 98 valence electrons. The van der Waals surface area contributed by atoms with Crippen LogP contribution >= 0.6 is 11.6 Å². The number of hydrogen-bond acceptors (Lipinski definition) is 2. The van der Waals surface area contributed by atoms with Crippen LogP contribution in [0.15, 0.2) is 30.5 Å². The molecule has 1 aromatic carbocycles. The van der Waals surface area contributed by atoms with Gasteiger partial charge < -0.3 is 5.32 Å². The number of nitrogens with one attached hydrogen (secondary N) is 1. The fourth-order valence-electron chi connectivity index (χ4n) is 1.67. The first-order valence-corrected chi connectivity index (χ1v) is 6.05. The van der Waals surface area contributed by atoms with E-state index in [4.69, 9.17) is 11.6 Å². The molecule has 1 heterocycles. The number of nitrogens with zero attached hydrogens (tertiary/aromatic N) is 1. The van der Waals surface area contributed by atoms with Crippen molar-refractivity contribution in [2.75, 3.05) is 5.32 Å². The third kappa shape index (κ3) is 2.90. The molecule has 2 aromatic rings. The van der Waals surface area contributed by atoms with E-state index in [1.54, 1.807) is 32.2 Å². The van der Waals surface area contributed by atoms with Crippen molar-refractivity contribution >= 4 is 23.2 Å². The number of benzene rings is 1. The number of carbonyl (C=O) groups is 1. The number of carbonyl (C=O) groups excluding carboxylic acids is 1. The van der Waals surface area contributed by atoms with E-state index in [2.05, 4.69) is 10.3 Å². The summed E-state index contributed by atoms with van der Waals surface area (Å²) in [5.74, 6) is -1.11. The van der Waals surface area contributed by atoms with Gasteiger partial charge in [-0.2, -0.15) is 0 Å². The number of rotatable bonds is 2. The van der Waals surface area contributed by atoms with Gasteiger partial charge in [0.25, 0.3) is 5.91 Å². The van der Waals surface area contributed by atoms with Gasteiger partial charge in [0.15, 0.2) is 5.15 Å². The van der Waals surface area contributed by atoms with E-state index in [9.17, 15) is 9.18 Å². The van der Waals surface area contributed by atoms with Crippen molar-refractivity contribution in [3.8, 4) is 0 Å². The van der Waals surface area contributed by atoms with Crippen molar-refractivity contribution in [2.45, 2.75) is 13.8 Å². The molecule has 1 amide bonds. The highest BCUT2D eigenvalue weighted by molar-refractivity contribution is 6.32.